The van der Waals surface area contributed by atoms with Crippen molar-refractivity contribution in [2.24, 2.45) is 0 Å². The molecule has 1 aromatic heterocycles. The van der Waals surface area contributed by atoms with Crippen LogP contribution in [-0.2, 0) is 6.42 Å². The third kappa shape index (κ3) is 4.43. The van der Waals surface area contributed by atoms with E-state index < -0.39 is 5.63 Å². The second kappa shape index (κ2) is 9.00. The fraction of sp³-hybridized carbons (Fsp3) is 0.185. The number of aryl methyl sites for hydroxylation is 1. The van der Waals surface area contributed by atoms with Gasteiger partial charge in [-0.15, -0.1) is 0 Å². The molecular weight excluding hydrogens is 386 g/mol. The molecule has 0 radical (unpaired) electrons. The molecule has 0 unspecified atom stereocenters. The number of carbonyl (C=O) groups excluding carboxylic acids is 1. The Bertz CT molecular complexity index is 1260. The van der Waals surface area contributed by atoms with E-state index in [2.05, 4.69) is 5.32 Å². The molecule has 0 aliphatic rings. The second-order valence-electron chi connectivity index (χ2n) is 7.77. The summed E-state index contributed by atoms with van der Waals surface area (Å²) >= 11 is 0. The average Bonchev–Trinajstić information content (AvgIpc) is 2.80. The highest BCUT2D eigenvalue weighted by atomic mass is 16.4. The summed E-state index contributed by atoms with van der Waals surface area (Å²) in [7, 11) is 0. The van der Waals surface area contributed by atoms with Crippen LogP contribution in [-0.4, -0.2) is 11.9 Å². The van der Waals surface area contributed by atoms with Crippen LogP contribution in [0.4, 0.5) is 0 Å². The molecule has 0 spiro atoms. The smallest absolute Gasteiger partial charge is 0.344 e. The molecule has 1 atom stereocenters. The second-order valence-corrected chi connectivity index (χ2v) is 7.77. The van der Waals surface area contributed by atoms with Gasteiger partial charge in [0.15, 0.2) is 0 Å². The van der Waals surface area contributed by atoms with Crippen LogP contribution >= 0.6 is 0 Å². The molecule has 156 valence electrons. The molecule has 0 fully saturated rings. The first-order chi connectivity index (χ1) is 15.1. The number of fused-ring (bicyclic) bond motifs is 1. The van der Waals surface area contributed by atoms with Crippen molar-refractivity contribution >= 4 is 16.7 Å². The van der Waals surface area contributed by atoms with Crippen molar-refractivity contribution in [3.05, 3.63) is 106 Å². The summed E-state index contributed by atoms with van der Waals surface area (Å²) in [6.45, 7) is 4.04. The van der Waals surface area contributed by atoms with Crippen LogP contribution in [0.1, 0.15) is 35.0 Å². The molecule has 4 rings (SSSR count). The molecule has 0 aliphatic heterocycles. The largest absolute Gasteiger partial charge is 0.416 e. The molecule has 0 aliphatic carbocycles. The highest BCUT2D eigenvalue weighted by Crippen LogP contribution is 2.31. The SMILES string of the molecule is CC[C@@H](Cc1ccccc1)NC(=O)c1oc(=O)c2ccccc2c1-c1ccc(C)cc1. The fourth-order valence-corrected chi connectivity index (χ4v) is 3.81. The quantitative estimate of drug-likeness (QED) is 0.454. The minimum atomic E-state index is -0.507. The monoisotopic (exact) mass is 411 g/mol. The summed E-state index contributed by atoms with van der Waals surface area (Å²) in [6, 6.07) is 25.1. The zero-order valence-electron chi connectivity index (χ0n) is 17.7. The lowest BCUT2D eigenvalue weighted by molar-refractivity contribution is 0.0905. The van der Waals surface area contributed by atoms with Crippen LogP contribution < -0.4 is 10.9 Å². The molecule has 4 heteroatoms. The molecule has 1 heterocycles. The predicted octanol–water partition coefficient (Wildman–Crippen LogP) is 5.52. The van der Waals surface area contributed by atoms with Gasteiger partial charge in [0.1, 0.15) is 0 Å². The summed E-state index contributed by atoms with van der Waals surface area (Å²) in [4.78, 5) is 26.0. The topological polar surface area (TPSA) is 59.3 Å². The number of rotatable bonds is 6. The van der Waals surface area contributed by atoms with Gasteiger partial charge in [-0.25, -0.2) is 4.79 Å². The maximum absolute atomic E-state index is 13.3. The molecule has 1 N–H and O–H groups in total. The fourth-order valence-electron chi connectivity index (χ4n) is 3.81. The first-order valence-electron chi connectivity index (χ1n) is 10.5. The van der Waals surface area contributed by atoms with Crippen molar-refractivity contribution in [3.63, 3.8) is 0 Å². The maximum atomic E-state index is 13.3. The van der Waals surface area contributed by atoms with E-state index in [4.69, 9.17) is 4.42 Å². The van der Waals surface area contributed by atoms with Gasteiger partial charge < -0.3 is 9.73 Å². The standard InChI is InChI=1S/C27H25NO3/c1-3-21(17-19-9-5-4-6-10-19)28-26(29)25-24(20-15-13-18(2)14-16-20)22-11-7-8-12-23(22)27(30)31-25/h4-16,21H,3,17H2,1-2H3,(H,28,29)/t21-/m0/s1. The van der Waals surface area contributed by atoms with Crippen LogP contribution in [0.15, 0.2) is 88.1 Å². The highest BCUT2D eigenvalue weighted by Gasteiger charge is 2.23. The molecule has 31 heavy (non-hydrogen) atoms. The van der Waals surface area contributed by atoms with Crippen molar-refractivity contribution < 1.29 is 9.21 Å². The lowest BCUT2D eigenvalue weighted by atomic mass is 9.97. The van der Waals surface area contributed by atoms with Crippen LogP contribution in [0.5, 0.6) is 0 Å². The maximum Gasteiger partial charge on any atom is 0.344 e. The lowest BCUT2D eigenvalue weighted by Gasteiger charge is -2.18. The Morgan fingerprint density at radius 2 is 1.55 bits per heavy atom. The van der Waals surface area contributed by atoms with E-state index in [-0.39, 0.29) is 17.7 Å². The third-order valence-corrected chi connectivity index (χ3v) is 5.54. The zero-order chi connectivity index (χ0) is 21.8. The first kappa shape index (κ1) is 20.6. The van der Waals surface area contributed by atoms with Gasteiger partial charge >= 0.3 is 5.63 Å². The van der Waals surface area contributed by atoms with E-state index in [1.165, 1.54) is 0 Å². The first-order valence-corrected chi connectivity index (χ1v) is 10.5. The van der Waals surface area contributed by atoms with Crippen molar-refractivity contribution in [2.75, 3.05) is 0 Å². The van der Waals surface area contributed by atoms with Crippen LogP contribution in [0.25, 0.3) is 21.9 Å². The van der Waals surface area contributed by atoms with E-state index in [0.29, 0.717) is 22.8 Å². The van der Waals surface area contributed by atoms with Gasteiger partial charge in [-0.3, -0.25) is 4.79 Å². The van der Waals surface area contributed by atoms with Crippen molar-refractivity contribution in [1.82, 2.24) is 5.32 Å². The van der Waals surface area contributed by atoms with Gasteiger partial charge in [-0.2, -0.15) is 0 Å². The van der Waals surface area contributed by atoms with E-state index in [1.807, 2.05) is 80.6 Å². The summed E-state index contributed by atoms with van der Waals surface area (Å²) in [6.07, 6.45) is 1.47. The summed E-state index contributed by atoms with van der Waals surface area (Å²) in [5, 5.41) is 4.25. The van der Waals surface area contributed by atoms with Crippen LogP contribution in [0.2, 0.25) is 0 Å². The molecule has 0 saturated carbocycles. The van der Waals surface area contributed by atoms with Crippen LogP contribution in [0.3, 0.4) is 0 Å². The van der Waals surface area contributed by atoms with Gasteiger partial charge in [-0.05, 0) is 37.0 Å². The average molecular weight is 412 g/mol. The molecule has 4 nitrogen and oxygen atoms in total. The summed E-state index contributed by atoms with van der Waals surface area (Å²) in [5.41, 5.74) is 3.24. The van der Waals surface area contributed by atoms with Gasteiger partial charge in [0.05, 0.1) is 5.39 Å². The molecular formula is C27H25NO3. The number of hydrogen-bond donors (Lipinski definition) is 1. The van der Waals surface area contributed by atoms with E-state index >= 15 is 0 Å². The lowest BCUT2D eigenvalue weighted by Crippen LogP contribution is -2.36. The Hall–Kier alpha value is -3.66. The zero-order valence-corrected chi connectivity index (χ0v) is 17.7. The minimum absolute atomic E-state index is 0.0547. The summed E-state index contributed by atoms with van der Waals surface area (Å²) in [5.74, 6) is -0.319. The highest BCUT2D eigenvalue weighted by molar-refractivity contribution is 6.07. The van der Waals surface area contributed by atoms with Crippen molar-refractivity contribution in [3.8, 4) is 11.1 Å². The number of benzene rings is 3. The molecule has 1 amide bonds. The number of hydrogen-bond acceptors (Lipinski definition) is 3. The predicted molar refractivity (Wildman–Crippen MR) is 124 cm³/mol. The van der Waals surface area contributed by atoms with Gasteiger partial charge in [0.2, 0.25) is 5.76 Å². The number of amides is 1. The van der Waals surface area contributed by atoms with Crippen LogP contribution in [0, 0.1) is 6.92 Å². The Morgan fingerprint density at radius 1 is 0.903 bits per heavy atom. The molecule has 3 aromatic carbocycles. The molecule has 4 aromatic rings. The number of carbonyl (C=O) groups is 1. The van der Waals surface area contributed by atoms with E-state index in [1.54, 1.807) is 12.1 Å². The Balaban J connectivity index is 1.77. The molecule has 0 saturated heterocycles. The van der Waals surface area contributed by atoms with Gasteiger partial charge in [0, 0.05) is 17.0 Å². The Morgan fingerprint density at radius 3 is 2.23 bits per heavy atom. The molecule has 0 bridgehead atoms. The number of nitrogens with one attached hydrogen (secondary N) is 1. The Labute approximate surface area is 181 Å². The van der Waals surface area contributed by atoms with Gasteiger partial charge in [0.25, 0.3) is 5.91 Å². The minimum Gasteiger partial charge on any atom is -0.416 e. The van der Waals surface area contributed by atoms with Crippen molar-refractivity contribution in [2.45, 2.75) is 32.7 Å². The Kier molecular flexibility index (Phi) is 5.99. The van der Waals surface area contributed by atoms with Gasteiger partial charge in [-0.1, -0.05) is 85.3 Å². The van der Waals surface area contributed by atoms with E-state index in [0.717, 1.165) is 23.1 Å². The van der Waals surface area contributed by atoms with Crippen molar-refractivity contribution in [1.29, 1.82) is 0 Å². The van der Waals surface area contributed by atoms with E-state index in [9.17, 15) is 9.59 Å². The normalized spacial score (nSPS) is 11.9. The third-order valence-electron chi connectivity index (χ3n) is 5.54. The summed E-state index contributed by atoms with van der Waals surface area (Å²) < 4.78 is 5.60.